The number of rotatable bonds is 3. The minimum Gasteiger partial charge on any atom is -0.465 e. The van der Waals surface area contributed by atoms with E-state index in [9.17, 15) is 4.79 Å². The number of benzene rings is 1. The molecule has 0 spiro atoms. The van der Waals surface area contributed by atoms with Crippen LogP contribution in [0.2, 0.25) is 0 Å². The fourth-order valence-electron chi connectivity index (χ4n) is 2.44. The predicted octanol–water partition coefficient (Wildman–Crippen LogP) is 2.29. The summed E-state index contributed by atoms with van der Waals surface area (Å²) in [7, 11) is 3.56. The fraction of sp³-hybridized carbons (Fsp3) is 0.533. The van der Waals surface area contributed by atoms with Gasteiger partial charge >= 0.3 is 5.97 Å². The molecule has 1 N–H and O–H groups in total. The van der Waals surface area contributed by atoms with E-state index < -0.39 is 0 Å². The van der Waals surface area contributed by atoms with Crippen molar-refractivity contribution >= 4 is 11.7 Å². The molecule has 0 unspecified atom stereocenters. The van der Waals surface area contributed by atoms with Gasteiger partial charge in [-0.05, 0) is 63.7 Å². The predicted molar refractivity (Wildman–Crippen MR) is 76.7 cm³/mol. The molecule has 1 aromatic rings. The Hall–Kier alpha value is -1.55. The third kappa shape index (κ3) is 3.47. The van der Waals surface area contributed by atoms with Crippen LogP contribution >= 0.6 is 0 Å². The van der Waals surface area contributed by atoms with E-state index in [2.05, 4.69) is 17.3 Å². The molecule has 0 bridgehead atoms. The number of aryl methyl sites for hydroxylation is 1. The zero-order chi connectivity index (χ0) is 13.8. The molecule has 0 saturated carbocycles. The Bertz CT molecular complexity index is 451. The van der Waals surface area contributed by atoms with Gasteiger partial charge in [0, 0.05) is 11.7 Å². The van der Waals surface area contributed by atoms with E-state index in [1.165, 1.54) is 7.11 Å². The molecule has 1 aromatic carbocycles. The van der Waals surface area contributed by atoms with Gasteiger partial charge in [0.2, 0.25) is 0 Å². The first-order valence-electron chi connectivity index (χ1n) is 6.74. The van der Waals surface area contributed by atoms with Crippen LogP contribution in [0.1, 0.15) is 28.8 Å². The number of likely N-dealkylation sites (tertiary alicyclic amines) is 1. The number of nitrogens with zero attached hydrogens (tertiary/aromatic N) is 1. The van der Waals surface area contributed by atoms with Gasteiger partial charge in [-0.25, -0.2) is 4.79 Å². The highest BCUT2D eigenvalue weighted by molar-refractivity contribution is 5.90. The minimum atomic E-state index is -0.283. The minimum absolute atomic E-state index is 0.283. The lowest BCUT2D eigenvalue weighted by molar-refractivity contribution is 0.0600. The van der Waals surface area contributed by atoms with Gasteiger partial charge in [0.15, 0.2) is 0 Å². The van der Waals surface area contributed by atoms with Crippen LogP contribution in [0.4, 0.5) is 5.69 Å². The van der Waals surface area contributed by atoms with Crippen molar-refractivity contribution in [1.82, 2.24) is 4.90 Å². The lowest BCUT2D eigenvalue weighted by atomic mass is 10.0. The molecule has 2 rings (SSSR count). The van der Waals surface area contributed by atoms with E-state index in [1.54, 1.807) is 0 Å². The quantitative estimate of drug-likeness (QED) is 0.849. The summed E-state index contributed by atoms with van der Waals surface area (Å²) >= 11 is 0. The van der Waals surface area contributed by atoms with Gasteiger partial charge in [-0.2, -0.15) is 0 Å². The van der Waals surface area contributed by atoms with Gasteiger partial charge in [0.05, 0.1) is 12.7 Å². The lowest BCUT2D eigenvalue weighted by Gasteiger charge is -2.30. The van der Waals surface area contributed by atoms with Crippen LogP contribution in [0.25, 0.3) is 0 Å². The molecule has 1 aliphatic rings. The van der Waals surface area contributed by atoms with Crippen LogP contribution in [0.5, 0.6) is 0 Å². The third-order valence-corrected chi connectivity index (χ3v) is 3.73. The smallest absolute Gasteiger partial charge is 0.337 e. The monoisotopic (exact) mass is 262 g/mol. The van der Waals surface area contributed by atoms with E-state index in [0.717, 1.165) is 37.2 Å². The number of carbonyl (C=O) groups is 1. The molecule has 19 heavy (non-hydrogen) atoms. The van der Waals surface area contributed by atoms with Crippen LogP contribution < -0.4 is 5.32 Å². The summed E-state index contributed by atoms with van der Waals surface area (Å²) in [6.45, 7) is 4.29. The number of carbonyl (C=O) groups excluding carboxylic acids is 1. The molecule has 0 amide bonds. The number of methoxy groups -OCH3 is 1. The van der Waals surface area contributed by atoms with Gasteiger partial charge in [-0.15, -0.1) is 0 Å². The summed E-state index contributed by atoms with van der Waals surface area (Å²) in [6, 6.07) is 6.19. The normalized spacial score (nSPS) is 17.2. The van der Waals surface area contributed by atoms with Crippen molar-refractivity contribution in [2.45, 2.75) is 25.8 Å². The summed E-state index contributed by atoms with van der Waals surface area (Å²) < 4.78 is 4.73. The number of ether oxygens (including phenoxy) is 1. The standard InChI is InChI=1S/C15H22N2O2/c1-11-10-12(15(18)19-3)4-5-14(11)16-13-6-8-17(2)9-7-13/h4-5,10,13,16H,6-9H2,1-3H3. The maximum atomic E-state index is 11.5. The Morgan fingerprint density at radius 1 is 1.37 bits per heavy atom. The number of anilines is 1. The van der Waals surface area contributed by atoms with Crippen LogP contribution in [0, 0.1) is 6.92 Å². The number of hydrogen-bond donors (Lipinski definition) is 1. The zero-order valence-corrected chi connectivity index (χ0v) is 11.9. The fourth-order valence-corrected chi connectivity index (χ4v) is 2.44. The molecule has 1 saturated heterocycles. The molecule has 1 fully saturated rings. The first-order valence-corrected chi connectivity index (χ1v) is 6.74. The van der Waals surface area contributed by atoms with Crippen LogP contribution in [-0.2, 0) is 4.74 Å². The molecule has 104 valence electrons. The highest BCUT2D eigenvalue weighted by Crippen LogP contribution is 2.21. The molecule has 4 heteroatoms. The van der Waals surface area contributed by atoms with Gasteiger partial charge in [0.1, 0.15) is 0 Å². The number of nitrogens with one attached hydrogen (secondary N) is 1. The van der Waals surface area contributed by atoms with Crippen molar-refractivity contribution in [3.05, 3.63) is 29.3 Å². The summed E-state index contributed by atoms with van der Waals surface area (Å²) in [6.07, 6.45) is 2.32. The lowest BCUT2D eigenvalue weighted by Crippen LogP contribution is -2.36. The zero-order valence-electron chi connectivity index (χ0n) is 11.9. The molecular formula is C15H22N2O2. The van der Waals surface area contributed by atoms with Crippen molar-refractivity contribution < 1.29 is 9.53 Å². The van der Waals surface area contributed by atoms with Gasteiger partial charge in [-0.3, -0.25) is 0 Å². The Morgan fingerprint density at radius 3 is 2.63 bits per heavy atom. The highest BCUT2D eigenvalue weighted by Gasteiger charge is 2.17. The highest BCUT2D eigenvalue weighted by atomic mass is 16.5. The topological polar surface area (TPSA) is 41.6 Å². The second-order valence-corrected chi connectivity index (χ2v) is 5.24. The number of hydrogen-bond acceptors (Lipinski definition) is 4. The van der Waals surface area contributed by atoms with Crippen LogP contribution in [0.15, 0.2) is 18.2 Å². The number of esters is 1. The summed E-state index contributed by atoms with van der Waals surface area (Å²) in [5.41, 5.74) is 2.80. The van der Waals surface area contributed by atoms with Crippen molar-refractivity contribution in [2.75, 3.05) is 32.6 Å². The maximum absolute atomic E-state index is 11.5. The molecule has 1 heterocycles. The number of piperidine rings is 1. The van der Waals surface area contributed by atoms with Crippen molar-refractivity contribution in [3.8, 4) is 0 Å². The van der Waals surface area contributed by atoms with Crippen LogP contribution in [0.3, 0.4) is 0 Å². The summed E-state index contributed by atoms with van der Waals surface area (Å²) in [5.74, 6) is -0.283. The molecule has 0 aromatic heterocycles. The largest absolute Gasteiger partial charge is 0.465 e. The molecular weight excluding hydrogens is 240 g/mol. The van der Waals surface area contributed by atoms with Crippen molar-refractivity contribution in [1.29, 1.82) is 0 Å². The third-order valence-electron chi connectivity index (χ3n) is 3.73. The van der Waals surface area contributed by atoms with Gasteiger partial charge < -0.3 is 15.0 Å². The Labute approximate surface area is 114 Å². The van der Waals surface area contributed by atoms with Gasteiger partial charge in [-0.1, -0.05) is 0 Å². The molecule has 4 nitrogen and oxygen atoms in total. The molecule has 0 radical (unpaired) electrons. The van der Waals surface area contributed by atoms with E-state index in [1.807, 2.05) is 25.1 Å². The van der Waals surface area contributed by atoms with E-state index in [-0.39, 0.29) is 5.97 Å². The average Bonchev–Trinajstić information content (AvgIpc) is 2.42. The Morgan fingerprint density at radius 2 is 2.05 bits per heavy atom. The van der Waals surface area contributed by atoms with E-state index >= 15 is 0 Å². The molecule has 0 aliphatic carbocycles. The van der Waals surface area contributed by atoms with E-state index in [0.29, 0.717) is 11.6 Å². The van der Waals surface area contributed by atoms with Gasteiger partial charge in [0.25, 0.3) is 0 Å². The van der Waals surface area contributed by atoms with Crippen molar-refractivity contribution in [2.24, 2.45) is 0 Å². The second-order valence-electron chi connectivity index (χ2n) is 5.24. The first-order chi connectivity index (χ1) is 9.10. The van der Waals surface area contributed by atoms with Crippen LogP contribution in [-0.4, -0.2) is 44.2 Å². The summed E-state index contributed by atoms with van der Waals surface area (Å²) in [5, 5.41) is 3.58. The summed E-state index contributed by atoms with van der Waals surface area (Å²) in [4.78, 5) is 13.8. The van der Waals surface area contributed by atoms with E-state index in [4.69, 9.17) is 4.74 Å². The Kier molecular flexibility index (Phi) is 4.43. The SMILES string of the molecule is COC(=O)c1ccc(NC2CCN(C)CC2)c(C)c1. The Balaban J connectivity index is 2.03. The second kappa shape index (κ2) is 6.06. The molecule has 1 aliphatic heterocycles. The molecule has 0 atom stereocenters. The first kappa shape index (κ1) is 13.9. The maximum Gasteiger partial charge on any atom is 0.337 e. The van der Waals surface area contributed by atoms with Crippen molar-refractivity contribution in [3.63, 3.8) is 0 Å². The average molecular weight is 262 g/mol.